The molecule has 0 heterocycles. The zero-order chi connectivity index (χ0) is 18.4. The van der Waals surface area contributed by atoms with Gasteiger partial charge >= 0.3 is 5.97 Å². The molecular formula is C22H19NO3. The zero-order valence-corrected chi connectivity index (χ0v) is 14.4. The van der Waals surface area contributed by atoms with E-state index in [2.05, 4.69) is 0 Å². The van der Waals surface area contributed by atoms with Crippen LogP contribution in [0.3, 0.4) is 0 Å². The Labute approximate surface area is 152 Å². The van der Waals surface area contributed by atoms with E-state index in [0.29, 0.717) is 16.9 Å². The van der Waals surface area contributed by atoms with Crippen LogP contribution in [0.1, 0.15) is 11.5 Å². The molecular weight excluding hydrogens is 326 g/mol. The van der Waals surface area contributed by atoms with Gasteiger partial charge in [-0.25, -0.2) is 0 Å². The zero-order valence-electron chi connectivity index (χ0n) is 14.4. The Balaban J connectivity index is 2.10. The number of hydrogen-bond acceptors (Lipinski definition) is 3. The first-order valence-corrected chi connectivity index (χ1v) is 8.29. The second-order valence-corrected chi connectivity index (χ2v) is 5.71. The van der Waals surface area contributed by atoms with E-state index in [-0.39, 0.29) is 5.91 Å². The first kappa shape index (κ1) is 17.4. The number of benzene rings is 3. The molecule has 0 aromatic heterocycles. The average Bonchev–Trinajstić information content (AvgIpc) is 2.71. The standard InChI is InChI=1S/C22H19NO3/c1-26-22(25)20(17-11-5-2-6-12-17)21(24)23(18-13-7-3-8-14-18)19-15-9-4-10-16-19/h2-16,20H,1H3. The number of hydrogen-bond donors (Lipinski definition) is 0. The largest absolute Gasteiger partial charge is 0.468 e. The topological polar surface area (TPSA) is 46.6 Å². The first-order chi connectivity index (χ1) is 12.7. The van der Waals surface area contributed by atoms with Crippen LogP contribution in [0, 0.1) is 0 Å². The second kappa shape index (κ2) is 8.12. The number of para-hydroxylation sites is 2. The fourth-order valence-electron chi connectivity index (χ4n) is 2.83. The van der Waals surface area contributed by atoms with Crippen LogP contribution in [-0.2, 0) is 14.3 Å². The lowest BCUT2D eigenvalue weighted by molar-refractivity contribution is -0.145. The number of carbonyl (C=O) groups excluding carboxylic acids is 2. The molecule has 0 radical (unpaired) electrons. The van der Waals surface area contributed by atoms with E-state index < -0.39 is 11.9 Å². The molecule has 0 N–H and O–H groups in total. The molecule has 0 bridgehead atoms. The lowest BCUT2D eigenvalue weighted by atomic mass is 9.97. The fraction of sp³-hybridized carbons (Fsp3) is 0.0909. The minimum absolute atomic E-state index is 0.361. The summed E-state index contributed by atoms with van der Waals surface area (Å²) in [7, 11) is 1.29. The molecule has 0 spiro atoms. The van der Waals surface area contributed by atoms with E-state index in [0.717, 1.165) is 0 Å². The van der Waals surface area contributed by atoms with E-state index in [1.807, 2.05) is 66.7 Å². The van der Waals surface area contributed by atoms with Gasteiger partial charge in [-0.2, -0.15) is 0 Å². The number of amides is 1. The molecule has 3 aromatic rings. The predicted molar refractivity (Wildman–Crippen MR) is 101 cm³/mol. The van der Waals surface area contributed by atoms with Crippen molar-refractivity contribution in [2.24, 2.45) is 0 Å². The van der Waals surface area contributed by atoms with Crippen molar-refractivity contribution >= 4 is 23.3 Å². The maximum Gasteiger partial charge on any atom is 0.322 e. The van der Waals surface area contributed by atoms with Crippen LogP contribution in [0.15, 0.2) is 91.0 Å². The number of rotatable bonds is 5. The molecule has 3 rings (SSSR count). The lowest BCUT2D eigenvalue weighted by Crippen LogP contribution is -2.35. The van der Waals surface area contributed by atoms with Crippen LogP contribution >= 0.6 is 0 Å². The van der Waals surface area contributed by atoms with Crippen LogP contribution < -0.4 is 4.90 Å². The van der Waals surface area contributed by atoms with Gasteiger partial charge in [0.25, 0.3) is 0 Å². The summed E-state index contributed by atoms with van der Waals surface area (Å²) in [5, 5.41) is 0. The van der Waals surface area contributed by atoms with Crippen molar-refractivity contribution in [3.63, 3.8) is 0 Å². The minimum atomic E-state index is -1.04. The highest BCUT2D eigenvalue weighted by Gasteiger charge is 2.34. The Bertz CT molecular complexity index is 824. The number of esters is 1. The Morgan fingerprint density at radius 2 is 1.15 bits per heavy atom. The van der Waals surface area contributed by atoms with Crippen molar-refractivity contribution in [2.45, 2.75) is 5.92 Å². The molecule has 4 heteroatoms. The number of anilines is 2. The van der Waals surface area contributed by atoms with Gasteiger partial charge in [0.15, 0.2) is 5.92 Å². The Morgan fingerprint density at radius 1 is 0.731 bits per heavy atom. The summed E-state index contributed by atoms with van der Waals surface area (Å²) in [5.74, 6) is -1.99. The third-order valence-electron chi connectivity index (χ3n) is 4.07. The minimum Gasteiger partial charge on any atom is -0.468 e. The molecule has 4 nitrogen and oxygen atoms in total. The average molecular weight is 345 g/mol. The van der Waals surface area contributed by atoms with Crippen molar-refractivity contribution in [2.75, 3.05) is 12.0 Å². The van der Waals surface area contributed by atoms with E-state index >= 15 is 0 Å². The van der Waals surface area contributed by atoms with Gasteiger partial charge in [0.05, 0.1) is 7.11 Å². The van der Waals surface area contributed by atoms with Gasteiger partial charge < -0.3 is 4.74 Å². The molecule has 0 aliphatic carbocycles. The van der Waals surface area contributed by atoms with Crippen molar-refractivity contribution in [3.05, 3.63) is 96.6 Å². The third-order valence-corrected chi connectivity index (χ3v) is 4.07. The first-order valence-electron chi connectivity index (χ1n) is 8.29. The molecule has 3 aromatic carbocycles. The monoisotopic (exact) mass is 345 g/mol. The maximum absolute atomic E-state index is 13.5. The third kappa shape index (κ3) is 3.64. The summed E-state index contributed by atoms with van der Waals surface area (Å²) < 4.78 is 4.92. The fourth-order valence-corrected chi connectivity index (χ4v) is 2.83. The molecule has 26 heavy (non-hydrogen) atoms. The van der Waals surface area contributed by atoms with Crippen molar-refractivity contribution in [1.82, 2.24) is 0 Å². The smallest absolute Gasteiger partial charge is 0.322 e. The Kier molecular flexibility index (Phi) is 5.44. The molecule has 0 aliphatic heterocycles. The van der Waals surface area contributed by atoms with Gasteiger partial charge in [-0.05, 0) is 29.8 Å². The number of carbonyl (C=O) groups is 2. The van der Waals surface area contributed by atoms with E-state index in [9.17, 15) is 9.59 Å². The highest BCUT2D eigenvalue weighted by atomic mass is 16.5. The summed E-state index contributed by atoms with van der Waals surface area (Å²) in [6.07, 6.45) is 0. The molecule has 0 saturated heterocycles. The van der Waals surface area contributed by atoms with Gasteiger partial charge in [0.2, 0.25) is 5.91 Å². The number of methoxy groups -OCH3 is 1. The Morgan fingerprint density at radius 3 is 1.58 bits per heavy atom. The van der Waals surface area contributed by atoms with Crippen LogP contribution in [0.5, 0.6) is 0 Å². The SMILES string of the molecule is COC(=O)C(C(=O)N(c1ccccc1)c1ccccc1)c1ccccc1. The summed E-state index contributed by atoms with van der Waals surface area (Å²) in [6, 6.07) is 27.5. The number of nitrogens with zero attached hydrogens (tertiary/aromatic N) is 1. The molecule has 0 saturated carbocycles. The summed E-state index contributed by atoms with van der Waals surface area (Å²) >= 11 is 0. The normalized spacial score (nSPS) is 11.4. The summed E-state index contributed by atoms with van der Waals surface area (Å²) in [4.78, 5) is 27.5. The van der Waals surface area contributed by atoms with Gasteiger partial charge in [-0.1, -0.05) is 66.7 Å². The molecule has 1 amide bonds. The Hall–Kier alpha value is -3.40. The van der Waals surface area contributed by atoms with Gasteiger partial charge in [-0.15, -0.1) is 0 Å². The van der Waals surface area contributed by atoms with Crippen LogP contribution in [-0.4, -0.2) is 19.0 Å². The summed E-state index contributed by atoms with van der Waals surface area (Å²) in [6.45, 7) is 0. The quantitative estimate of drug-likeness (QED) is 0.511. The van der Waals surface area contributed by atoms with Gasteiger partial charge in [0.1, 0.15) is 0 Å². The van der Waals surface area contributed by atoms with E-state index in [4.69, 9.17) is 4.74 Å². The van der Waals surface area contributed by atoms with Crippen LogP contribution in [0.4, 0.5) is 11.4 Å². The molecule has 130 valence electrons. The van der Waals surface area contributed by atoms with Crippen molar-refractivity contribution in [1.29, 1.82) is 0 Å². The van der Waals surface area contributed by atoms with Gasteiger partial charge in [0, 0.05) is 11.4 Å². The second-order valence-electron chi connectivity index (χ2n) is 5.71. The van der Waals surface area contributed by atoms with E-state index in [1.54, 1.807) is 29.2 Å². The highest BCUT2D eigenvalue weighted by molar-refractivity contribution is 6.13. The lowest BCUT2D eigenvalue weighted by Gasteiger charge is -2.27. The van der Waals surface area contributed by atoms with Crippen LogP contribution in [0.25, 0.3) is 0 Å². The molecule has 1 unspecified atom stereocenters. The van der Waals surface area contributed by atoms with Gasteiger partial charge in [-0.3, -0.25) is 14.5 Å². The van der Waals surface area contributed by atoms with Crippen LogP contribution in [0.2, 0.25) is 0 Å². The highest BCUT2D eigenvalue weighted by Crippen LogP contribution is 2.30. The molecule has 1 atom stereocenters. The summed E-state index contributed by atoms with van der Waals surface area (Å²) in [5.41, 5.74) is 1.98. The molecule has 0 aliphatic rings. The predicted octanol–water partition coefficient (Wildman–Crippen LogP) is 4.31. The maximum atomic E-state index is 13.5. The number of ether oxygens (including phenoxy) is 1. The van der Waals surface area contributed by atoms with Crippen molar-refractivity contribution < 1.29 is 14.3 Å². The van der Waals surface area contributed by atoms with E-state index in [1.165, 1.54) is 7.11 Å². The van der Waals surface area contributed by atoms with Crippen molar-refractivity contribution in [3.8, 4) is 0 Å². The molecule has 0 fully saturated rings.